The Balaban J connectivity index is 1.35. The molecule has 0 atom stereocenters. The molecule has 1 saturated carbocycles. The van der Waals surface area contributed by atoms with Gasteiger partial charge in [-0.05, 0) is 63.1 Å². The van der Waals surface area contributed by atoms with Crippen LogP contribution in [-0.4, -0.2) is 55.1 Å². The van der Waals surface area contributed by atoms with Gasteiger partial charge in [-0.1, -0.05) is 6.07 Å². The molecule has 1 aliphatic heterocycles. The van der Waals surface area contributed by atoms with Crippen LogP contribution in [0, 0.1) is 0 Å². The van der Waals surface area contributed by atoms with Crippen LogP contribution in [0.5, 0.6) is 5.75 Å². The number of hydrogen-bond acceptors (Lipinski definition) is 5. The molecule has 0 spiro atoms. The number of pyridine rings is 1. The average Bonchev–Trinajstić information content (AvgIpc) is 3.26. The number of nitrogens with zero attached hydrogens (tertiary/aromatic N) is 3. The monoisotopic (exact) mass is 394 g/mol. The van der Waals surface area contributed by atoms with E-state index in [0.717, 1.165) is 56.2 Å². The maximum atomic E-state index is 12.6. The first kappa shape index (κ1) is 19.7. The van der Waals surface area contributed by atoms with E-state index in [0.29, 0.717) is 18.2 Å². The second-order valence-electron chi connectivity index (χ2n) is 8.01. The second kappa shape index (κ2) is 9.27. The summed E-state index contributed by atoms with van der Waals surface area (Å²) in [5, 5.41) is 3.04. The van der Waals surface area contributed by atoms with Crippen molar-refractivity contribution in [2.24, 2.45) is 0 Å². The number of nitrogens with one attached hydrogen (secondary N) is 1. The first-order valence-corrected chi connectivity index (χ1v) is 10.6. The first-order valence-electron chi connectivity index (χ1n) is 10.6. The highest BCUT2D eigenvalue weighted by Gasteiger charge is 2.19. The summed E-state index contributed by atoms with van der Waals surface area (Å²) in [6, 6.07) is 11.4. The number of rotatable bonds is 6. The van der Waals surface area contributed by atoms with E-state index in [2.05, 4.69) is 27.1 Å². The highest BCUT2D eigenvalue weighted by atomic mass is 16.5. The van der Waals surface area contributed by atoms with Gasteiger partial charge in [-0.2, -0.15) is 0 Å². The molecule has 0 unspecified atom stereocenters. The smallest absolute Gasteiger partial charge is 0.251 e. The van der Waals surface area contributed by atoms with Crippen LogP contribution in [0.1, 0.15) is 41.6 Å². The van der Waals surface area contributed by atoms with E-state index >= 15 is 0 Å². The van der Waals surface area contributed by atoms with Crippen molar-refractivity contribution in [3.8, 4) is 5.75 Å². The molecule has 0 bridgehead atoms. The lowest BCUT2D eigenvalue weighted by Gasteiger charge is -2.34. The number of likely N-dealkylation sites (N-methyl/N-ethyl adjacent to an activating group) is 1. The zero-order valence-electron chi connectivity index (χ0n) is 17.1. The molecule has 1 aromatic heterocycles. The van der Waals surface area contributed by atoms with E-state index in [9.17, 15) is 4.79 Å². The Labute approximate surface area is 172 Å². The van der Waals surface area contributed by atoms with E-state index in [-0.39, 0.29) is 5.91 Å². The predicted octanol–water partition coefficient (Wildman–Crippen LogP) is 3.08. The van der Waals surface area contributed by atoms with Gasteiger partial charge in [0.05, 0.1) is 6.10 Å². The van der Waals surface area contributed by atoms with E-state index < -0.39 is 0 Å². The molecule has 2 aromatic rings. The van der Waals surface area contributed by atoms with Crippen LogP contribution in [0.15, 0.2) is 42.6 Å². The number of benzene rings is 1. The number of ether oxygens (including phenoxy) is 1. The van der Waals surface area contributed by atoms with Crippen LogP contribution in [0.4, 0.5) is 5.82 Å². The highest BCUT2D eigenvalue weighted by molar-refractivity contribution is 5.94. The zero-order valence-corrected chi connectivity index (χ0v) is 17.1. The molecule has 1 aliphatic carbocycles. The van der Waals surface area contributed by atoms with Crippen molar-refractivity contribution in [3.05, 3.63) is 53.7 Å². The van der Waals surface area contributed by atoms with Crippen molar-refractivity contribution in [2.45, 2.75) is 38.3 Å². The van der Waals surface area contributed by atoms with Crippen LogP contribution in [0.2, 0.25) is 0 Å². The fraction of sp³-hybridized carbons (Fsp3) is 0.478. The summed E-state index contributed by atoms with van der Waals surface area (Å²) >= 11 is 0. The Morgan fingerprint density at radius 1 is 1.10 bits per heavy atom. The molecule has 2 aliphatic rings. The topological polar surface area (TPSA) is 57.7 Å². The fourth-order valence-corrected chi connectivity index (χ4v) is 4.03. The minimum Gasteiger partial charge on any atom is -0.490 e. The summed E-state index contributed by atoms with van der Waals surface area (Å²) in [4.78, 5) is 21.8. The van der Waals surface area contributed by atoms with Crippen LogP contribution in [0.3, 0.4) is 0 Å². The zero-order chi connectivity index (χ0) is 20.1. The summed E-state index contributed by atoms with van der Waals surface area (Å²) in [5.74, 6) is 1.74. The lowest BCUT2D eigenvalue weighted by Crippen LogP contribution is -2.45. The lowest BCUT2D eigenvalue weighted by atomic mass is 10.2. The van der Waals surface area contributed by atoms with Crippen LogP contribution < -0.4 is 15.0 Å². The highest BCUT2D eigenvalue weighted by Crippen LogP contribution is 2.24. The third-order valence-corrected chi connectivity index (χ3v) is 5.83. The van der Waals surface area contributed by atoms with E-state index in [1.807, 2.05) is 42.6 Å². The van der Waals surface area contributed by atoms with Gasteiger partial charge >= 0.3 is 0 Å². The van der Waals surface area contributed by atoms with Gasteiger partial charge in [0.1, 0.15) is 11.6 Å². The van der Waals surface area contributed by atoms with Gasteiger partial charge in [-0.15, -0.1) is 0 Å². The number of hydrogen-bond donors (Lipinski definition) is 1. The van der Waals surface area contributed by atoms with Gasteiger partial charge in [0, 0.05) is 50.0 Å². The Hall–Kier alpha value is -2.60. The van der Waals surface area contributed by atoms with Gasteiger partial charge in [-0.3, -0.25) is 4.79 Å². The molecule has 1 N–H and O–H groups in total. The molecular weight excluding hydrogens is 364 g/mol. The second-order valence-corrected chi connectivity index (χ2v) is 8.01. The molecule has 154 valence electrons. The van der Waals surface area contributed by atoms with Crippen molar-refractivity contribution >= 4 is 11.7 Å². The average molecular weight is 395 g/mol. The molecule has 29 heavy (non-hydrogen) atoms. The van der Waals surface area contributed by atoms with E-state index in [1.165, 1.54) is 12.8 Å². The molecule has 2 fully saturated rings. The standard InChI is InChI=1S/C23H30N4O2/c1-26-13-15-27(16-14-26)22-19(5-4-12-24-22)17-25-23(28)18-8-10-21(11-9-18)29-20-6-2-3-7-20/h4-5,8-12,20H,2-3,6-7,13-17H2,1H3,(H,25,28). The van der Waals surface area contributed by atoms with E-state index in [4.69, 9.17) is 4.74 Å². The number of carbonyl (C=O) groups excluding carboxylic acids is 1. The lowest BCUT2D eigenvalue weighted by molar-refractivity contribution is 0.0951. The van der Waals surface area contributed by atoms with Crippen LogP contribution >= 0.6 is 0 Å². The summed E-state index contributed by atoms with van der Waals surface area (Å²) < 4.78 is 5.98. The largest absolute Gasteiger partial charge is 0.490 e. The SMILES string of the molecule is CN1CCN(c2ncccc2CNC(=O)c2ccc(OC3CCCC3)cc2)CC1. The minimum atomic E-state index is -0.0782. The van der Waals surface area contributed by atoms with Gasteiger partial charge in [0.15, 0.2) is 0 Å². The van der Waals surface area contributed by atoms with Crippen LogP contribution in [-0.2, 0) is 6.54 Å². The molecule has 1 amide bonds. The summed E-state index contributed by atoms with van der Waals surface area (Å²) in [5.41, 5.74) is 1.69. The number of aromatic nitrogens is 1. The van der Waals surface area contributed by atoms with Crippen molar-refractivity contribution < 1.29 is 9.53 Å². The number of piperazine rings is 1. The first-order chi connectivity index (χ1) is 14.2. The maximum Gasteiger partial charge on any atom is 0.251 e. The molecule has 1 aromatic carbocycles. The normalized spacial score (nSPS) is 18.0. The minimum absolute atomic E-state index is 0.0782. The third-order valence-electron chi connectivity index (χ3n) is 5.83. The molecule has 0 radical (unpaired) electrons. The molecule has 4 rings (SSSR count). The quantitative estimate of drug-likeness (QED) is 0.816. The Bertz CT molecular complexity index is 810. The van der Waals surface area contributed by atoms with Gasteiger partial charge in [-0.25, -0.2) is 4.98 Å². The van der Waals surface area contributed by atoms with Gasteiger partial charge in [0.25, 0.3) is 5.91 Å². The Kier molecular flexibility index (Phi) is 6.30. The number of amides is 1. The van der Waals surface area contributed by atoms with E-state index in [1.54, 1.807) is 0 Å². The van der Waals surface area contributed by atoms with Crippen LogP contribution in [0.25, 0.3) is 0 Å². The number of carbonyl (C=O) groups is 1. The third kappa shape index (κ3) is 5.07. The summed E-state index contributed by atoms with van der Waals surface area (Å²) in [6.07, 6.45) is 6.90. The van der Waals surface area contributed by atoms with Gasteiger partial charge in [0.2, 0.25) is 0 Å². The van der Waals surface area contributed by atoms with Crippen molar-refractivity contribution in [1.82, 2.24) is 15.2 Å². The summed E-state index contributed by atoms with van der Waals surface area (Å²) in [6.45, 7) is 4.43. The molecule has 6 heteroatoms. The van der Waals surface area contributed by atoms with Gasteiger partial charge < -0.3 is 19.9 Å². The van der Waals surface area contributed by atoms with Crippen molar-refractivity contribution in [2.75, 3.05) is 38.1 Å². The van der Waals surface area contributed by atoms with Crippen molar-refractivity contribution in [1.29, 1.82) is 0 Å². The number of anilines is 1. The molecule has 2 heterocycles. The Morgan fingerprint density at radius 3 is 2.55 bits per heavy atom. The summed E-state index contributed by atoms with van der Waals surface area (Å²) in [7, 11) is 2.14. The fourth-order valence-electron chi connectivity index (χ4n) is 4.03. The molecule has 1 saturated heterocycles. The predicted molar refractivity (Wildman–Crippen MR) is 114 cm³/mol. The van der Waals surface area contributed by atoms with Crippen molar-refractivity contribution in [3.63, 3.8) is 0 Å². The Morgan fingerprint density at radius 2 is 1.83 bits per heavy atom. The molecule has 6 nitrogen and oxygen atoms in total. The molecular formula is C23H30N4O2. The maximum absolute atomic E-state index is 12.6.